The molecule has 0 amide bonds. The van der Waals surface area contributed by atoms with E-state index < -0.39 is 0 Å². The molecule has 0 heterocycles. The smallest absolute Gasteiger partial charge is 0.00987 e. The first-order chi connectivity index (χ1) is 3.27. The minimum absolute atomic E-state index is 1.03. The zero-order chi connectivity index (χ0) is 5.70. The molecule has 0 saturated heterocycles. The summed E-state index contributed by atoms with van der Waals surface area (Å²) in [5.74, 6) is 0. The van der Waals surface area contributed by atoms with Gasteiger partial charge in [0, 0.05) is 18.2 Å². The summed E-state index contributed by atoms with van der Waals surface area (Å²) >= 11 is 1.41. The largest absolute Gasteiger partial charge is 0.224 e. The van der Waals surface area contributed by atoms with E-state index >= 15 is 0 Å². The molecule has 0 N–H and O–H groups in total. The van der Waals surface area contributed by atoms with E-state index in [0.717, 1.165) is 4.91 Å². The minimum atomic E-state index is 1.03. The molecule has 40 valence electrons. The predicted molar refractivity (Wildman–Crippen MR) is 36.6 cm³/mol. The van der Waals surface area contributed by atoms with E-state index in [1.165, 1.54) is 11.9 Å². The Balaban J connectivity index is 3.14. The summed E-state index contributed by atoms with van der Waals surface area (Å²) in [5.41, 5.74) is 0. The number of allylic oxidation sites excluding steroid dienone is 1. The van der Waals surface area contributed by atoms with E-state index in [1.807, 2.05) is 13.8 Å². The molecular weight excluding hydrogens is 106 g/mol. The Labute approximate surface area is 48.7 Å². The predicted octanol–water partition coefficient (Wildman–Crippen LogP) is 2.26. The second-order valence-electron chi connectivity index (χ2n) is 1.16. The third kappa shape index (κ3) is 5.76. The average Bonchev–Trinajstić information content (AvgIpc) is 1.61. The SMILES string of the molecule is C=C(C)SN=CC. The van der Waals surface area contributed by atoms with Crippen LogP contribution in [0.2, 0.25) is 0 Å². The molecule has 2 heteroatoms. The van der Waals surface area contributed by atoms with Crippen molar-refractivity contribution >= 4 is 18.2 Å². The lowest BCUT2D eigenvalue weighted by Crippen LogP contribution is -1.55. The lowest BCUT2D eigenvalue weighted by Gasteiger charge is -1.83. The second-order valence-corrected chi connectivity index (χ2v) is 2.25. The van der Waals surface area contributed by atoms with Crippen LogP contribution in [-0.2, 0) is 0 Å². The highest BCUT2D eigenvalue weighted by Crippen LogP contribution is 2.10. The summed E-state index contributed by atoms with van der Waals surface area (Å²) in [6.07, 6.45) is 1.75. The molecule has 0 rings (SSSR count). The summed E-state index contributed by atoms with van der Waals surface area (Å²) in [7, 11) is 0. The second kappa shape index (κ2) is 3.93. The van der Waals surface area contributed by atoms with Crippen LogP contribution in [-0.4, -0.2) is 6.21 Å². The third-order valence-electron chi connectivity index (χ3n) is 0.314. The van der Waals surface area contributed by atoms with Crippen LogP contribution in [0.5, 0.6) is 0 Å². The normalized spacial score (nSPS) is 10.0. The molecule has 0 saturated carbocycles. The van der Waals surface area contributed by atoms with E-state index in [1.54, 1.807) is 6.21 Å². The van der Waals surface area contributed by atoms with E-state index in [4.69, 9.17) is 0 Å². The zero-order valence-electron chi connectivity index (χ0n) is 4.64. The van der Waals surface area contributed by atoms with Gasteiger partial charge in [0.2, 0.25) is 0 Å². The van der Waals surface area contributed by atoms with Gasteiger partial charge in [-0.15, -0.1) is 0 Å². The van der Waals surface area contributed by atoms with Crippen molar-refractivity contribution in [3.63, 3.8) is 0 Å². The van der Waals surface area contributed by atoms with Gasteiger partial charge in [0.1, 0.15) is 0 Å². The maximum absolute atomic E-state index is 3.86. The van der Waals surface area contributed by atoms with E-state index in [-0.39, 0.29) is 0 Å². The van der Waals surface area contributed by atoms with Crippen LogP contribution in [0, 0.1) is 0 Å². The highest BCUT2D eigenvalue weighted by molar-refractivity contribution is 8.01. The maximum atomic E-state index is 3.86. The first-order valence-corrected chi connectivity index (χ1v) is 2.85. The molecule has 1 nitrogen and oxygen atoms in total. The van der Waals surface area contributed by atoms with Crippen molar-refractivity contribution in [1.29, 1.82) is 0 Å². The van der Waals surface area contributed by atoms with Gasteiger partial charge in [-0.25, -0.2) is 4.40 Å². The fourth-order valence-corrected chi connectivity index (χ4v) is 0.428. The molecule has 0 aromatic rings. The standard InChI is InChI=1S/C5H9NS/c1-4-6-7-5(2)3/h4H,2H2,1,3H3. The summed E-state index contributed by atoms with van der Waals surface area (Å²) in [4.78, 5) is 1.03. The highest BCUT2D eigenvalue weighted by Gasteiger charge is 1.75. The van der Waals surface area contributed by atoms with E-state index in [9.17, 15) is 0 Å². The van der Waals surface area contributed by atoms with Crippen LogP contribution in [0.1, 0.15) is 13.8 Å². The molecule has 7 heavy (non-hydrogen) atoms. The minimum Gasteiger partial charge on any atom is -0.224 e. The topological polar surface area (TPSA) is 12.4 Å². The van der Waals surface area contributed by atoms with Crippen molar-refractivity contribution in [1.82, 2.24) is 0 Å². The van der Waals surface area contributed by atoms with E-state index in [0.29, 0.717) is 0 Å². The van der Waals surface area contributed by atoms with Gasteiger partial charge in [-0.1, -0.05) is 6.58 Å². The Hall–Kier alpha value is -0.240. The maximum Gasteiger partial charge on any atom is 0.00987 e. The summed E-state index contributed by atoms with van der Waals surface area (Å²) in [6, 6.07) is 0. The van der Waals surface area contributed by atoms with Crippen molar-refractivity contribution in [3.8, 4) is 0 Å². The van der Waals surface area contributed by atoms with Gasteiger partial charge < -0.3 is 0 Å². The fourth-order valence-electron chi connectivity index (χ4n) is 0.143. The lowest BCUT2D eigenvalue weighted by atomic mass is 10.8. The lowest BCUT2D eigenvalue weighted by molar-refractivity contribution is 1.71. The van der Waals surface area contributed by atoms with Gasteiger partial charge in [-0.05, 0) is 18.8 Å². The van der Waals surface area contributed by atoms with Gasteiger partial charge >= 0.3 is 0 Å². The highest BCUT2D eigenvalue weighted by atomic mass is 32.2. The Morgan fingerprint density at radius 3 is 2.57 bits per heavy atom. The quantitative estimate of drug-likeness (QED) is 0.397. The molecule has 0 aliphatic heterocycles. The van der Waals surface area contributed by atoms with Crippen molar-refractivity contribution in [2.45, 2.75) is 13.8 Å². The molecule has 0 bridgehead atoms. The van der Waals surface area contributed by atoms with Gasteiger partial charge in [-0.2, -0.15) is 0 Å². The fraction of sp³-hybridized carbons (Fsp3) is 0.400. The number of hydrogen-bond acceptors (Lipinski definition) is 2. The van der Waals surface area contributed by atoms with Crippen LogP contribution < -0.4 is 0 Å². The number of nitrogens with zero attached hydrogens (tertiary/aromatic N) is 1. The van der Waals surface area contributed by atoms with Crippen LogP contribution in [0.15, 0.2) is 15.9 Å². The molecule has 0 aliphatic carbocycles. The molecule has 0 aromatic heterocycles. The Morgan fingerprint density at radius 2 is 2.43 bits per heavy atom. The molecule has 0 aromatic carbocycles. The van der Waals surface area contributed by atoms with Crippen molar-refractivity contribution in [3.05, 3.63) is 11.5 Å². The zero-order valence-corrected chi connectivity index (χ0v) is 5.46. The monoisotopic (exact) mass is 115 g/mol. The summed E-state index contributed by atoms with van der Waals surface area (Å²) in [6.45, 7) is 7.45. The third-order valence-corrected chi connectivity index (χ3v) is 0.942. The van der Waals surface area contributed by atoms with Crippen molar-refractivity contribution in [2.75, 3.05) is 0 Å². The Morgan fingerprint density at radius 1 is 1.86 bits per heavy atom. The molecular formula is C5H9NS. The first-order valence-electron chi connectivity index (χ1n) is 2.08. The van der Waals surface area contributed by atoms with Crippen molar-refractivity contribution in [2.24, 2.45) is 4.40 Å². The van der Waals surface area contributed by atoms with Gasteiger partial charge in [-0.3, -0.25) is 0 Å². The molecule has 0 unspecified atom stereocenters. The molecule has 0 fully saturated rings. The van der Waals surface area contributed by atoms with Crippen LogP contribution in [0.4, 0.5) is 0 Å². The number of rotatable bonds is 2. The average molecular weight is 115 g/mol. The number of hydrogen-bond donors (Lipinski definition) is 0. The van der Waals surface area contributed by atoms with Crippen LogP contribution in [0.25, 0.3) is 0 Å². The van der Waals surface area contributed by atoms with E-state index in [2.05, 4.69) is 11.0 Å². The Kier molecular flexibility index (Phi) is 3.80. The Bertz CT molecular complexity index is 86.1. The van der Waals surface area contributed by atoms with Crippen LogP contribution in [0.3, 0.4) is 0 Å². The summed E-state index contributed by atoms with van der Waals surface area (Å²) in [5, 5.41) is 0. The van der Waals surface area contributed by atoms with Gasteiger partial charge in [0.15, 0.2) is 0 Å². The molecule has 0 spiro atoms. The first kappa shape index (κ1) is 6.76. The molecule has 0 atom stereocenters. The van der Waals surface area contributed by atoms with Gasteiger partial charge in [0.25, 0.3) is 0 Å². The summed E-state index contributed by atoms with van der Waals surface area (Å²) < 4.78 is 3.86. The van der Waals surface area contributed by atoms with Gasteiger partial charge in [0.05, 0.1) is 0 Å². The van der Waals surface area contributed by atoms with Crippen LogP contribution >= 0.6 is 11.9 Å². The molecule has 0 aliphatic rings. The molecule has 0 radical (unpaired) electrons. The van der Waals surface area contributed by atoms with Crippen molar-refractivity contribution < 1.29 is 0 Å².